The minimum atomic E-state index is -0.158. The summed E-state index contributed by atoms with van der Waals surface area (Å²) in [5, 5.41) is 0.708. The zero-order valence-electron chi connectivity index (χ0n) is 25.6. The lowest BCUT2D eigenvalue weighted by molar-refractivity contribution is -0.438. The predicted octanol–water partition coefficient (Wildman–Crippen LogP) is 9.04. The van der Waals surface area contributed by atoms with Gasteiger partial charge in [-0.25, -0.2) is 0 Å². The van der Waals surface area contributed by atoms with Crippen LogP contribution in [0.5, 0.6) is 11.5 Å². The molecule has 0 aromatic heterocycles. The Labute approximate surface area is 246 Å². The zero-order valence-corrected chi connectivity index (χ0v) is 26.4. The number of anilines is 1. The molecule has 0 amide bonds. The second-order valence-electron chi connectivity index (χ2n) is 11.8. The maximum atomic E-state index is 6.89. The van der Waals surface area contributed by atoms with Crippen molar-refractivity contribution in [1.29, 1.82) is 0 Å². The van der Waals surface area contributed by atoms with Crippen LogP contribution in [0.15, 0.2) is 71.4 Å². The van der Waals surface area contributed by atoms with E-state index in [0.717, 1.165) is 50.3 Å². The SMILES string of the molecule is CCCCN1/C(=C/C=C(Cl)/C=C/C2=[N+](CCCC)c3ccc(OC)cc3C2(C)C)C(C)(C)c2cc(OC)ccc21. The van der Waals surface area contributed by atoms with Crippen molar-refractivity contribution < 1.29 is 14.0 Å². The minimum Gasteiger partial charge on any atom is -0.497 e. The fourth-order valence-electron chi connectivity index (χ4n) is 6.05. The average molecular weight is 562 g/mol. The molecule has 4 nitrogen and oxygen atoms in total. The fourth-order valence-corrected chi connectivity index (χ4v) is 6.18. The van der Waals surface area contributed by atoms with Crippen LogP contribution < -0.4 is 14.4 Å². The number of nitrogens with zero attached hydrogens (tertiary/aromatic N) is 2. The number of unbranched alkanes of at least 4 members (excludes halogenated alkanes) is 2. The Morgan fingerprint density at radius 3 is 2.20 bits per heavy atom. The average Bonchev–Trinajstić information content (AvgIpc) is 3.29. The molecule has 4 rings (SSSR count). The molecule has 2 aromatic rings. The van der Waals surface area contributed by atoms with Crippen molar-refractivity contribution in [3.05, 3.63) is 82.6 Å². The first-order valence-corrected chi connectivity index (χ1v) is 15.0. The van der Waals surface area contributed by atoms with Crippen LogP contribution in [-0.2, 0) is 10.8 Å². The molecule has 0 aliphatic carbocycles. The number of allylic oxidation sites excluding steroid dienone is 6. The maximum absolute atomic E-state index is 6.89. The lowest BCUT2D eigenvalue weighted by Gasteiger charge is -2.27. The van der Waals surface area contributed by atoms with Gasteiger partial charge in [0.1, 0.15) is 18.0 Å². The summed E-state index contributed by atoms with van der Waals surface area (Å²) in [7, 11) is 3.46. The van der Waals surface area contributed by atoms with Gasteiger partial charge in [0.25, 0.3) is 0 Å². The maximum Gasteiger partial charge on any atom is 0.210 e. The Morgan fingerprint density at radius 2 is 1.55 bits per heavy atom. The third-order valence-corrected chi connectivity index (χ3v) is 8.72. The summed E-state index contributed by atoms with van der Waals surface area (Å²) in [5.41, 5.74) is 7.29. The van der Waals surface area contributed by atoms with E-state index in [1.54, 1.807) is 14.2 Å². The number of benzene rings is 2. The van der Waals surface area contributed by atoms with Gasteiger partial charge in [-0.1, -0.05) is 52.1 Å². The van der Waals surface area contributed by atoms with Crippen molar-refractivity contribution in [2.75, 3.05) is 32.2 Å². The largest absolute Gasteiger partial charge is 0.497 e. The van der Waals surface area contributed by atoms with E-state index < -0.39 is 0 Å². The van der Waals surface area contributed by atoms with E-state index in [-0.39, 0.29) is 10.8 Å². The Balaban J connectivity index is 1.69. The minimum absolute atomic E-state index is 0.158. The topological polar surface area (TPSA) is 24.7 Å². The summed E-state index contributed by atoms with van der Waals surface area (Å²) in [6.07, 6.45) is 13.0. The molecule has 2 aromatic carbocycles. The van der Waals surface area contributed by atoms with Gasteiger partial charge in [-0.15, -0.1) is 0 Å². The number of hydrogen-bond donors (Lipinski definition) is 0. The second kappa shape index (κ2) is 12.3. The third kappa shape index (κ3) is 5.61. The van der Waals surface area contributed by atoms with E-state index in [0.29, 0.717) is 5.03 Å². The van der Waals surface area contributed by atoms with E-state index in [9.17, 15) is 0 Å². The summed E-state index contributed by atoms with van der Waals surface area (Å²) in [5.74, 6) is 1.78. The van der Waals surface area contributed by atoms with Crippen LogP contribution in [0.25, 0.3) is 0 Å². The molecule has 0 fully saturated rings. The van der Waals surface area contributed by atoms with E-state index in [4.69, 9.17) is 21.1 Å². The van der Waals surface area contributed by atoms with Crippen molar-refractivity contribution >= 4 is 28.7 Å². The van der Waals surface area contributed by atoms with E-state index >= 15 is 0 Å². The van der Waals surface area contributed by atoms with Crippen molar-refractivity contribution in [2.24, 2.45) is 0 Å². The molecule has 0 bridgehead atoms. The van der Waals surface area contributed by atoms with Crippen molar-refractivity contribution in [1.82, 2.24) is 0 Å². The number of halogens is 1. The molecule has 2 heterocycles. The molecule has 2 aliphatic heterocycles. The first-order chi connectivity index (χ1) is 19.1. The van der Waals surface area contributed by atoms with Crippen molar-refractivity contribution in [3.8, 4) is 11.5 Å². The van der Waals surface area contributed by atoms with Gasteiger partial charge in [-0.3, -0.25) is 0 Å². The highest BCUT2D eigenvalue weighted by Crippen LogP contribution is 2.49. The Morgan fingerprint density at radius 1 is 0.900 bits per heavy atom. The van der Waals surface area contributed by atoms with E-state index in [1.807, 2.05) is 12.2 Å². The highest BCUT2D eigenvalue weighted by atomic mass is 35.5. The van der Waals surface area contributed by atoms with Crippen LogP contribution >= 0.6 is 11.6 Å². The Bertz CT molecular complexity index is 1360. The van der Waals surface area contributed by atoms with Gasteiger partial charge in [0.15, 0.2) is 5.71 Å². The fraction of sp³-hybridized carbons (Fsp3) is 0.457. The van der Waals surface area contributed by atoms with Gasteiger partial charge in [-0.05, 0) is 74.4 Å². The quantitative estimate of drug-likeness (QED) is 0.202. The molecule has 0 saturated heterocycles. The summed E-state index contributed by atoms with van der Waals surface area (Å²) < 4.78 is 13.6. The van der Waals surface area contributed by atoms with Gasteiger partial charge >= 0.3 is 0 Å². The van der Waals surface area contributed by atoms with Gasteiger partial charge in [-0.2, -0.15) is 4.58 Å². The number of methoxy groups -OCH3 is 2. The molecular formula is C35H46ClN2O2+. The third-order valence-electron chi connectivity index (χ3n) is 8.47. The lowest BCUT2D eigenvalue weighted by Crippen LogP contribution is -2.28. The van der Waals surface area contributed by atoms with Crippen LogP contribution in [0.3, 0.4) is 0 Å². The summed E-state index contributed by atoms with van der Waals surface area (Å²) in [4.78, 5) is 2.45. The molecular weight excluding hydrogens is 516 g/mol. The molecule has 5 heteroatoms. The van der Waals surface area contributed by atoms with Crippen LogP contribution in [0, 0.1) is 0 Å². The monoisotopic (exact) mass is 561 g/mol. The van der Waals surface area contributed by atoms with E-state index in [1.165, 1.54) is 33.9 Å². The molecule has 2 aliphatic rings. The lowest BCUT2D eigenvalue weighted by atomic mass is 9.81. The van der Waals surface area contributed by atoms with Gasteiger partial charge < -0.3 is 14.4 Å². The Hall–Kier alpha value is -2.98. The highest BCUT2D eigenvalue weighted by Gasteiger charge is 2.44. The molecule has 0 atom stereocenters. The molecule has 0 radical (unpaired) electrons. The number of hydrogen-bond acceptors (Lipinski definition) is 3. The summed E-state index contributed by atoms with van der Waals surface area (Å²) in [6, 6.07) is 12.8. The molecule has 40 heavy (non-hydrogen) atoms. The van der Waals surface area contributed by atoms with Crippen molar-refractivity contribution in [3.63, 3.8) is 0 Å². The number of rotatable bonds is 11. The summed E-state index contributed by atoms with van der Waals surface area (Å²) in [6.45, 7) is 15.6. The van der Waals surface area contributed by atoms with Gasteiger partial charge in [0.2, 0.25) is 5.69 Å². The first-order valence-electron chi connectivity index (χ1n) is 14.7. The van der Waals surface area contributed by atoms with Gasteiger partial charge in [0, 0.05) is 52.5 Å². The van der Waals surface area contributed by atoms with Crippen LogP contribution in [0.1, 0.15) is 78.4 Å². The van der Waals surface area contributed by atoms with E-state index in [2.05, 4.69) is 99.6 Å². The predicted molar refractivity (Wildman–Crippen MR) is 170 cm³/mol. The summed E-state index contributed by atoms with van der Waals surface area (Å²) >= 11 is 6.89. The first kappa shape index (κ1) is 30.0. The van der Waals surface area contributed by atoms with Crippen LogP contribution in [0.4, 0.5) is 11.4 Å². The normalized spacial score (nSPS) is 18.6. The number of fused-ring (bicyclic) bond motifs is 2. The van der Waals surface area contributed by atoms with Crippen LogP contribution in [0.2, 0.25) is 0 Å². The number of ether oxygens (including phenoxy) is 2. The zero-order chi connectivity index (χ0) is 29.1. The standard InChI is InChI=1S/C35H46ClN2O2/c1-9-11-21-37-30-17-15-26(39-7)23-28(30)34(3,4)32(37)19-13-25(36)14-20-33-35(5,6)29-24-27(40-8)16-18-31(29)38(33)22-12-10-2/h13-20,23-24H,9-12,21-22H2,1-8H3/q+1. The molecule has 214 valence electrons. The molecule has 0 saturated carbocycles. The smallest absolute Gasteiger partial charge is 0.210 e. The second-order valence-corrected chi connectivity index (χ2v) is 12.3. The van der Waals surface area contributed by atoms with Crippen molar-refractivity contribution in [2.45, 2.75) is 78.1 Å². The highest BCUT2D eigenvalue weighted by molar-refractivity contribution is 6.31. The molecule has 0 unspecified atom stereocenters. The van der Waals surface area contributed by atoms with Gasteiger partial charge in [0.05, 0.1) is 19.6 Å². The van der Waals surface area contributed by atoms with Crippen LogP contribution in [-0.4, -0.2) is 37.6 Å². The molecule has 0 N–H and O–H groups in total. The molecule has 0 spiro atoms. The Kier molecular flexibility index (Phi) is 9.19.